The second-order valence-corrected chi connectivity index (χ2v) is 3.80. The Morgan fingerprint density at radius 3 is 2.17 bits per heavy atom. The largest absolute Gasteiger partial charge is 0.416 e. The molecule has 0 unspecified atom stereocenters. The molecule has 100 valence electrons. The summed E-state index contributed by atoms with van der Waals surface area (Å²) >= 11 is 0. The van der Waals surface area contributed by atoms with Gasteiger partial charge < -0.3 is 0 Å². The lowest BCUT2D eigenvalue weighted by atomic mass is 9.95. The molecule has 0 atom stereocenters. The highest BCUT2D eigenvalue weighted by Crippen LogP contribution is 2.36. The number of halogens is 5. The van der Waals surface area contributed by atoms with Crippen LogP contribution in [-0.2, 0) is 12.6 Å². The maximum absolute atomic E-state index is 12.7. The highest BCUT2D eigenvalue weighted by Gasteiger charge is 2.35. The zero-order valence-electron chi connectivity index (χ0n) is 9.74. The van der Waals surface area contributed by atoms with E-state index in [1.54, 1.807) is 0 Å². The van der Waals surface area contributed by atoms with E-state index in [0.717, 1.165) is 13.0 Å². The molecule has 0 fully saturated rings. The van der Waals surface area contributed by atoms with E-state index in [0.29, 0.717) is 6.07 Å². The second kappa shape index (κ2) is 5.04. The van der Waals surface area contributed by atoms with E-state index in [4.69, 9.17) is 0 Å². The average molecular weight is 266 g/mol. The average Bonchev–Trinajstić information content (AvgIpc) is 2.25. The van der Waals surface area contributed by atoms with Gasteiger partial charge in [-0.25, -0.2) is 8.78 Å². The summed E-state index contributed by atoms with van der Waals surface area (Å²) in [6, 6.07) is 1.28. The first-order chi connectivity index (χ1) is 8.18. The van der Waals surface area contributed by atoms with Crippen molar-refractivity contribution < 1.29 is 26.7 Å². The van der Waals surface area contributed by atoms with Gasteiger partial charge in [-0.3, -0.25) is 4.79 Å². The van der Waals surface area contributed by atoms with Gasteiger partial charge in [-0.05, 0) is 31.0 Å². The summed E-state index contributed by atoms with van der Waals surface area (Å²) in [4.78, 5) is 11.2. The SMILES string of the molecule is CCc1cc(C(C)=O)c(C(F)F)cc1C(F)(F)F. The maximum atomic E-state index is 12.7. The number of hydrogen-bond donors (Lipinski definition) is 0. The molecule has 0 bridgehead atoms. The topological polar surface area (TPSA) is 17.1 Å². The molecule has 0 radical (unpaired) electrons. The van der Waals surface area contributed by atoms with Crippen LogP contribution in [0.2, 0.25) is 0 Å². The number of carbonyl (C=O) groups excluding carboxylic acids is 1. The van der Waals surface area contributed by atoms with Crippen LogP contribution in [0.15, 0.2) is 12.1 Å². The summed E-state index contributed by atoms with van der Waals surface area (Å²) in [5, 5.41) is 0. The Hall–Kier alpha value is -1.46. The first-order valence-electron chi connectivity index (χ1n) is 5.21. The minimum Gasteiger partial charge on any atom is -0.294 e. The molecule has 0 heterocycles. The van der Waals surface area contributed by atoms with Crippen LogP contribution in [0.5, 0.6) is 0 Å². The Bertz CT molecular complexity index is 462. The molecule has 0 saturated carbocycles. The zero-order chi connectivity index (χ0) is 14.1. The van der Waals surface area contributed by atoms with Gasteiger partial charge in [0.05, 0.1) is 5.56 Å². The fourth-order valence-corrected chi connectivity index (χ4v) is 1.70. The van der Waals surface area contributed by atoms with Crippen LogP contribution >= 0.6 is 0 Å². The van der Waals surface area contributed by atoms with E-state index in [-0.39, 0.29) is 17.5 Å². The maximum Gasteiger partial charge on any atom is 0.416 e. The highest BCUT2D eigenvalue weighted by atomic mass is 19.4. The quantitative estimate of drug-likeness (QED) is 0.585. The van der Waals surface area contributed by atoms with Gasteiger partial charge in [0.2, 0.25) is 0 Å². The molecule has 1 aromatic rings. The van der Waals surface area contributed by atoms with Gasteiger partial charge in [-0.15, -0.1) is 0 Å². The first kappa shape index (κ1) is 14.6. The van der Waals surface area contributed by atoms with Crippen molar-refractivity contribution in [2.45, 2.75) is 32.9 Å². The Morgan fingerprint density at radius 2 is 1.83 bits per heavy atom. The summed E-state index contributed by atoms with van der Waals surface area (Å²) in [5.41, 5.74) is -2.48. The van der Waals surface area contributed by atoms with Crippen LogP contribution in [0.25, 0.3) is 0 Å². The summed E-state index contributed by atoms with van der Waals surface area (Å²) < 4.78 is 63.4. The number of rotatable bonds is 3. The van der Waals surface area contributed by atoms with Crippen molar-refractivity contribution in [1.29, 1.82) is 0 Å². The Labute approximate surface area is 101 Å². The van der Waals surface area contributed by atoms with Crippen LogP contribution in [0.4, 0.5) is 22.0 Å². The van der Waals surface area contributed by atoms with Gasteiger partial charge in [0.15, 0.2) is 5.78 Å². The van der Waals surface area contributed by atoms with Gasteiger partial charge in [0, 0.05) is 11.1 Å². The van der Waals surface area contributed by atoms with E-state index < -0.39 is 29.5 Å². The van der Waals surface area contributed by atoms with Crippen LogP contribution in [-0.4, -0.2) is 5.78 Å². The van der Waals surface area contributed by atoms with E-state index in [1.807, 2.05) is 0 Å². The fourth-order valence-electron chi connectivity index (χ4n) is 1.70. The first-order valence-corrected chi connectivity index (χ1v) is 5.21. The molecule has 0 aromatic heterocycles. The number of aryl methyl sites for hydroxylation is 1. The Kier molecular flexibility index (Phi) is 4.09. The van der Waals surface area contributed by atoms with E-state index in [2.05, 4.69) is 0 Å². The van der Waals surface area contributed by atoms with Crippen LogP contribution in [0, 0.1) is 0 Å². The molecular formula is C12H11F5O. The van der Waals surface area contributed by atoms with Crippen LogP contribution in [0.1, 0.15) is 47.3 Å². The van der Waals surface area contributed by atoms with Crippen molar-refractivity contribution in [3.63, 3.8) is 0 Å². The number of ketones is 1. The van der Waals surface area contributed by atoms with Gasteiger partial charge in [0.1, 0.15) is 0 Å². The normalized spacial score (nSPS) is 12.0. The molecule has 0 aliphatic carbocycles. The molecule has 6 heteroatoms. The van der Waals surface area contributed by atoms with Crippen LogP contribution < -0.4 is 0 Å². The molecule has 0 spiro atoms. The fraction of sp³-hybridized carbons (Fsp3) is 0.417. The lowest BCUT2D eigenvalue weighted by molar-refractivity contribution is -0.138. The van der Waals surface area contributed by atoms with Gasteiger partial charge in [-0.1, -0.05) is 6.92 Å². The third-order valence-corrected chi connectivity index (χ3v) is 2.58. The lowest BCUT2D eigenvalue weighted by Crippen LogP contribution is -2.12. The minimum atomic E-state index is -4.70. The predicted molar refractivity (Wildman–Crippen MR) is 55.8 cm³/mol. The van der Waals surface area contributed by atoms with Gasteiger partial charge in [0.25, 0.3) is 6.43 Å². The minimum absolute atomic E-state index is 0.0125. The van der Waals surface area contributed by atoms with E-state index in [1.165, 1.54) is 6.92 Å². The Balaban J connectivity index is 3.57. The summed E-state index contributed by atoms with van der Waals surface area (Å²) in [6.45, 7) is 2.52. The molecule has 0 saturated heterocycles. The summed E-state index contributed by atoms with van der Waals surface area (Å²) in [6.07, 6.45) is -7.81. The van der Waals surface area contributed by atoms with Crippen molar-refractivity contribution in [2.24, 2.45) is 0 Å². The Morgan fingerprint density at radius 1 is 1.28 bits per heavy atom. The van der Waals surface area contributed by atoms with Crippen LogP contribution in [0.3, 0.4) is 0 Å². The predicted octanol–water partition coefficient (Wildman–Crippen LogP) is 4.41. The zero-order valence-corrected chi connectivity index (χ0v) is 9.74. The number of carbonyl (C=O) groups is 1. The molecule has 1 aromatic carbocycles. The molecule has 0 amide bonds. The summed E-state index contributed by atoms with van der Waals surface area (Å²) in [7, 11) is 0. The number of alkyl halides is 5. The summed E-state index contributed by atoms with van der Waals surface area (Å²) in [5.74, 6) is -0.672. The molecular weight excluding hydrogens is 255 g/mol. The molecule has 1 rings (SSSR count). The number of benzene rings is 1. The van der Waals surface area contributed by atoms with Crippen molar-refractivity contribution >= 4 is 5.78 Å². The van der Waals surface area contributed by atoms with Gasteiger partial charge >= 0.3 is 6.18 Å². The molecule has 1 nitrogen and oxygen atoms in total. The van der Waals surface area contributed by atoms with Crippen molar-refractivity contribution in [2.75, 3.05) is 0 Å². The molecule has 0 aliphatic heterocycles. The lowest BCUT2D eigenvalue weighted by Gasteiger charge is -2.16. The smallest absolute Gasteiger partial charge is 0.294 e. The molecule has 0 N–H and O–H groups in total. The number of Topliss-reactive ketones (excluding diaryl/α,β-unsaturated/α-hetero) is 1. The van der Waals surface area contributed by atoms with Crippen molar-refractivity contribution in [1.82, 2.24) is 0 Å². The monoisotopic (exact) mass is 266 g/mol. The molecule has 18 heavy (non-hydrogen) atoms. The third kappa shape index (κ3) is 2.86. The van der Waals surface area contributed by atoms with Gasteiger partial charge in [-0.2, -0.15) is 13.2 Å². The highest BCUT2D eigenvalue weighted by molar-refractivity contribution is 5.96. The standard InChI is InChI=1S/C12H11F5O/c1-3-7-4-8(6(2)18)9(11(13)14)5-10(7)12(15,16)17/h4-5,11H,3H2,1-2H3. The van der Waals surface area contributed by atoms with Crippen molar-refractivity contribution in [3.05, 3.63) is 34.4 Å². The van der Waals surface area contributed by atoms with Crippen molar-refractivity contribution in [3.8, 4) is 0 Å². The molecule has 0 aliphatic rings. The second-order valence-electron chi connectivity index (χ2n) is 3.80. The third-order valence-electron chi connectivity index (χ3n) is 2.58. The number of hydrogen-bond acceptors (Lipinski definition) is 1. The van der Waals surface area contributed by atoms with E-state index in [9.17, 15) is 26.7 Å². The van der Waals surface area contributed by atoms with E-state index >= 15 is 0 Å².